The number of ether oxygens (including phenoxy) is 2. The summed E-state index contributed by atoms with van der Waals surface area (Å²) in [6.07, 6.45) is 1.91. The quantitative estimate of drug-likeness (QED) is 0.621. The highest BCUT2D eigenvalue weighted by atomic mass is 35.5. The van der Waals surface area contributed by atoms with Crippen LogP contribution in [0.25, 0.3) is 0 Å². The van der Waals surface area contributed by atoms with Gasteiger partial charge in [-0.2, -0.15) is 0 Å². The standard InChI is InChI=1S/C24H29ClN2O4/c1-4-5-13-26-23(28)20-15-27(24(29)16-9-11-17(25)12-10-16)14-19(20)18-7-6-8-21(30-2)22(18)31-3/h6-12,19-20H,4-5,13-15H2,1-3H3,(H,26,28)/t19-,20-/m0/s1. The summed E-state index contributed by atoms with van der Waals surface area (Å²) < 4.78 is 11.1. The van der Waals surface area contributed by atoms with E-state index in [4.69, 9.17) is 21.1 Å². The van der Waals surface area contributed by atoms with Crippen LogP contribution in [-0.4, -0.2) is 50.6 Å². The maximum atomic E-state index is 13.1. The second-order valence-corrected chi connectivity index (χ2v) is 8.09. The normalized spacial score (nSPS) is 18.0. The van der Waals surface area contributed by atoms with Crippen LogP contribution in [-0.2, 0) is 4.79 Å². The predicted molar refractivity (Wildman–Crippen MR) is 121 cm³/mol. The Bertz CT molecular complexity index is 916. The minimum absolute atomic E-state index is 0.0465. The van der Waals surface area contributed by atoms with Crippen molar-refractivity contribution < 1.29 is 19.1 Å². The molecule has 2 atom stereocenters. The molecule has 2 amide bonds. The summed E-state index contributed by atoms with van der Waals surface area (Å²) in [7, 11) is 3.17. The van der Waals surface area contributed by atoms with Crippen molar-refractivity contribution in [1.29, 1.82) is 0 Å². The fraction of sp³-hybridized carbons (Fsp3) is 0.417. The number of unbranched alkanes of at least 4 members (excludes halogenated alkanes) is 1. The van der Waals surface area contributed by atoms with E-state index < -0.39 is 0 Å². The highest BCUT2D eigenvalue weighted by molar-refractivity contribution is 6.30. The van der Waals surface area contributed by atoms with E-state index in [1.165, 1.54) is 0 Å². The third kappa shape index (κ3) is 5.13. The molecule has 1 fully saturated rings. The van der Waals surface area contributed by atoms with Gasteiger partial charge in [-0.3, -0.25) is 9.59 Å². The molecule has 0 spiro atoms. The number of hydrogen-bond donors (Lipinski definition) is 1. The zero-order chi connectivity index (χ0) is 22.4. The van der Waals surface area contributed by atoms with Gasteiger partial charge in [-0.25, -0.2) is 0 Å². The van der Waals surface area contributed by atoms with Crippen molar-refractivity contribution in [2.75, 3.05) is 33.9 Å². The van der Waals surface area contributed by atoms with Crippen LogP contribution >= 0.6 is 11.6 Å². The summed E-state index contributed by atoms with van der Waals surface area (Å²) in [5, 5.41) is 3.61. The third-order valence-electron chi connectivity index (χ3n) is 5.70. The summed E-state index contributed by atoms with van der Waals surface area (Å²) in [6.45, 7) is 3.46. The molecular weight excluding hydrogens is 416 g/mol. The summed E-state index contributed by atoms with van der Waals surface area (Å²) in [5.74, 6) is 0.453. The molecule has 166 valence electrons. The summed E-state index contributed by atoms with van der Waals surface area (Å²) in [4.78, 5) is 27.9. The Morgan fingerprint density at radius 2 is 1.84 bits per heavy atom. The first-order valence-electron chi connectivity index (χ1n) is 10.5. The van der Waals surface area contributed by atoms with Crippen LogP contribution in [0, 0.1) is 5.92 Å². The van der Waals surface area contributed by atoms with E-state index in [9.17, 15) is 9.59 Å². The summed E-state index contributed by atoms with van der Waals surface area (Å²) >= 11 is 5.96. The number of halogens is 1. The van der Waals surface area contributed by atoms with Crippen molar-refractivity contribution >= 4 is 23.4 Å². The van der Waals surface area contributed by atoms with Gasteiger partial charge in [-0.05, 0) is 36.8 Å². The van der Waals surface area contributed by atoms with Gasteiger partial charge in [0.2, 0.25) is 5.91 Å². The lowest BCUT2D eigenvalue weighted by atomic mass is 9.87. The van der Waals surface area contributed by atoms with E-state index in [-0.39, 0.29) is 23.7 Å². The molecule has 1 aliphatic heterocycles. The van der Waals surface area contributed by atoms with Crippen molar-refractivity contribution in [3.8, 4) is 11.5 Å². The van der Waals surface area contributed by atoms with Crippen LogP contribution in [0.1, 0.15) is 41.6 Å². The van der Waals surface area contributed by atoms with Crippen LogP contribution in [0.5, 0.6) is 11.5 Å². The summed E-state index contributed by atoms with van der Waals surface area (Å²) in [6, 6.07) is 12.5. The molecular formula is C24H29ClN2O4. The Balaban J connectivity index is 1.91. The second-order valence-electron chi connectivity index (χ2n) is 7.66. The lowest BCUT2D eigenvalue weighted by molar-refractivity contribution is -0.124. The molecule has 1 N–H and O–H groups in total. The molecule has 0 bridgehead atoms. The topological polar surface area (TPSA) is 67.9 Å². The van der Waals surface area contributed by atoms with E-state index in [0.717, 1.165) is 18.4 Å². The van der Waals surface area contributed by atoms with Gasteiger partial charge in [0.05, 0.1) is 20.1 Å². The molecule has 6 nitrogen and oxygen atoms in total. The van der Waals surface area contributed by atoms with E-state index in [1.54, 1.807) is 43.4 Å². The summed E-state index contributed by atoms with van der Waals surface area (Å²) in [5.41, 5.74) is 1.41. The Hall–Kier alpha value is -2.73. The van der Waals surface area contributed by atoms with Gasteiger partial charge in [-0.1, -0.05) is 37.1 Å². The maximum Gasteiger partial charge on any atom is 0.253 e. The first-order valence-corrected chi connectivity index (χ1v) is 10.9. The molecule has 3 rings (SSSR count). The molecule has 1 saturated heterocycles. The van der Waals surface area contributed by atoms with Crippen molar-refractivity contribution in [2.24, 2.45) is 5.92 Å². The van der Waals surface area contributed by atoms with Crippen molar-refractivity contribution in [3.05, 3.63) is 58.6 Å². The number of nitrogens with one attached hydrogen (secondary N) is 1. The Morgan fingerprint density at radius 3 is 2.48 bits per heavy atom. The zero-order valence-corrected chi connectivity index (χ0v) is 18.9. The Kier molecular flexibility index (Phi) is 7.80. The lowest BCUT2D eigenvalue weighted by Crippen LogP contribution is -2.36. The van der Waals surface area contributed by atoms with Crippen LogP contribution in [0.4, 0.5) is 0 Å². The number of likely N-dealkylation sites (tertiary alicyclic amines) is 1. The van der Waals surface area contributed by atoms with Crippen molar-refractivity contribution in [2.45, 2.75) is 25.7 Å². The van der Waals surface area contributed by atoms with Gasteiger partial charge in [0, 0.05) is 41.7 Å². The lowest BCUT2D eigenvalue weighted by Gasteiger charge is -2.21. The molecule has 2 aromatic carbocycles. The van der Waals surface area contributed by atoms with E-state index in [1.807, 2.05) is 18.2 Å². The number of rotatable bonds is 8. The van der Waals surface area contributed by atoms with E-state index in [2.05, 4.69) is 12.2 Å². The van der Waals surface area contributed by atoms with Crippen LogP contribution in [0.2, 0.25) is 5.02 Å². The maximum absolute atomic E-state index is 13.1. The average molecular weight is 445 g/mol. The number of benzene rings is 2. The predicted octanol–water partition coefficient (Wildman–Crippen LogP) is 4.13. The van der Waals surface area contributed by atoms with E-state index in [0.29, 0.717) is 41.7 Å². The molecule has 0 radical (unpaired) electrons. The molecule has 1 heterocycles. The number of carbonyl (C=O) groups excluding carboxylic acids is 2. The van der Waals surface area contributed by atoms with Crippen LogP contribution in [0.3, 0.4) is 0 Å². The van der Waals surface area contributed by atoms with E-state index >= 15 is 0 Å². The fourth-order valence-electron chi connectivity index (χ4n) is 4.05. The number of para-hydroxylation sites is 1. The minimum atomic E-state index is -0.380. The fourth-order valence-corrected chi connectivity index (χ4v) is 4.17. The molecule has 1 aliphatic rings. The molecule has 0 saturated carbocycles. The minimum Gasteiger partial charge on any atom is -0.493 e. The molecule has 2 aromatic rings. The van der Waals surface area contributed by atoms with Gasteiger partial charge >= 0.3 is 0 Å². The van der Waals surface area contributed by atoms with Crippen LogP contribution < -0.4 is 14.8 Å². The monoisotopic (exact) mass is 444 g/mol. The zero-order valence-electron chi connectivity index (χ0n) is 18.2. The third-order valence-corrected chi connectivity index (χ3v) is 5.95. The van der Waals surface area contributed by atoms with Crippen LogP contribution in [0.15, 0.2) is 42.5 Å². The smallest absolute Gasteiger partial charge is 0.253 e. The number of carbonyl (C=O) groups is 2. The Morgan fingerprint density at radius 1 is 1.10 bits per heavy atom. The number of amides is 2. The van der Waals surface area contributed by atoms with Crippen molar-refractivity contribution in [1.82, 2.24) is 10.2 Å². The Labute approximate surface area is 188 Å². The number of nitrogens with zero attached hydrogens (tertiary/aromatic N) is 1. The SMILES string of the molecule is CCCCNC(=O)[C@H]1CN(C(=O)c2ccc(Cl)cc2)C[C@H]1c1cccc(OC)c1OC. The molecule has 0 aliphatic carbocycles. The van der Waals surface area contributed by atoms with Crippen molar-refractivity contribution in [3.63, 3.8) is 0 Å². The number of hydrogen-bond acceptors (Lipinski definition) is 4. The second kappa shape index (κ2) is 10.5. The first-order chi connectivity index (χ1) is 15.0. The molecule has 31 heavy (non-hydrogen) atoms. The van der Waals surface area contributed by atoms with Gasteiger partial charge in [0.1, 0.15) is 0 Å². The molecule has 0 aromatic heterocycles. The largest absolute Gasteiger partial charge is 0.493 e. The highest BCUT2D eigenvalue weighted by Crippen LogP contribution is 2.42. The molecule has 0 unspecified atom stereocenters. The van der Waals surface area contributed by atoms with Gasteiger partial charge in [0.15, 0.2) is 11.5 Å². The van der Waals surface area contributed by atoms with Gasteiger partial charge in [0.25, 0.3) is 5.91 Å². The van der Waals surface area contributed by atoms with Gasteiger partial charge in [-0.15, -0.1) is 0 Å². The highest BCUT2D eigenvalue weighted by Gasteiger charge is 2.42. The molecule has 7 heteroatoms. The first kappa shape index (κ1) is 22.9. The number of methoxy groups -OCH3 is 2. The average Bonchev–Trinajstić information content (AvgIpc) is 3.24. The van der Waals surface area contributed by atoms with Gasteiger partial charge < -0.3 is 19.7 Å².